The van der Waals surface area contributed by atoms with Crippen LogP contribution in [0.3, 0.4) is 0 Å². The van der Waals surface area contributed by atoms with Crippen molar-refractivity contribution >= 4 is 5.97 Å². The third kappa shape index (κ3) is 2.15. The first-order chi connectivity index (χ1) is 6.61. The second kappa shape index (κ2) is 4.60. The van der Waals surface area contributed by atoms with Crippen molar-refractivity contribution in [2.75, 3.05) is 13.1 Å². The lowest BCUT2D eigenvalue weighted by Gasteiger charge is -2.41. The molecule has 0 aromatic carbocycles. The van der Waals surface area contributed by atoms with Gasteiger partial charge >= 0.3 is 5.97 Å². The molecule has 1 rings (SSSR count). The molecule has 14 heavy (non-hydrogen) atoms. The summed E-state index contributed by atoms with van der Waals surface area (Å²) in [4.78, 5) is 13.3. The van der Waals surface area contributed by atoms with Crippen LogP contribution in [0.2, 0.25) is 0 Å². The normalized spacial score (nSPS) is 28.6. The molecule has 0 radical (unpaired) electrons. The Labute approximate surface area is 85.4 Å². The molecule has 0 aromatic heterocycles. The summed E-state index contributed by atoms with van der Waals surface area (Å²) >= 11 is 0. The summed E-state index contributed by atoms with van der Waals surface area (Å²) < 4.78 is 0. The van der Waals surface area contributed by atoms with E-state index in [9.17, 15) is 9.90 Å². The molecular weight excluding hydrogens is 178 g/mol. The Hall–Kier alpha value is -0.830. The number of aliphatic carboxylic acids is 1. The van der Waals surface area contributed by atoms with Gasteiger partial charge in [0.15, 0.2) is 0 Å². The van der Waals surface area contributed by atoms with E-state index in [0.29, 0.717) is 0 Å². The van der Waals surface area contributed by atoms with E-state index in [0.717, 1.165) is 38.8 Å². The van der Waals surface area contributed by atoms with Crippen LogP contribution in [-0.4, -0.2) is 34.6 Å². The molecule has 1 aliphatic rings. The number of carbonyl (C=O) groups is 1. The molecule has 0 spiro atoms. The van der Waals surface area contributed by atoms with Crippen molar-refractivity contribution in [3.8, 4) is 0 Å². The van der Waals surface area contributed by atoms with E-state index in [-0.39, 0.29) is 0 Å². The van der Waals surface area contributed by atoms with Crippen molar-refractivity contribution in [3.05, 3.63) is 12.7 Å². The lowest BCUT2D eigenvalue weighted by atomic mass is 9.88. The first kappa shape index (κ1) is 11.2. The van der Waals surface area contributed by atoms with Crippen LogP contribution in [0, 0.1) is 0 Å². The molecule has 0 amide bonds. The molecule has 1 aliphatic heterocycles. The van der Waals surface area contributed by atoms with Crippen LogP contribution < -0.4 is 0 Å². The Kier molecular flexibility index (Phi) is 3.69. The van der Waals surface area contributed by atoms with Crippen molar-refractivity contribution in [1.29, 1.82) is 0 Å². The van der Waals surface area contributed by atoms with Gasteiger partial charge in [0.2, 0.25) is 0 Å². The SMILES string of the molecule is C=CCCN1CCCCC1(C)C(=O)O. The van der Waals surface area contributed by atoms with Gasteiger partial charge in [-0.3, -0.25) is 9.69 Å². The number of hydrogen-bond donors (Lipinski definition) is 1. The maximum Gasteiger partial charge on any atom is 0.323 e. The average Bonchev–Trinajstić information content (AvgIpc) is 2.16. The quantitative estimate of drug-likeness (QED) is 0.700. The highest BCUT2D eigenvalue weighted by Gasteiger charge is 2.40. The Bertz CT molecular complexity index is 227. The smallest absolute Gasteiger partial charge is 0.323 e. The summed E-state index contributed by atoms with van der Waals surface area (Å²) in [6.07, 6.45) is 5.60. The van der Waals surface area contributed by atoms with Gasteiger partial charge in [0.25, 0.3) is 0 Å². The van der Waals surface area contributed by atoms with Crippen molar-refractivity contribution in [3.63, 3.8) is 0 Å². The molecule has 1 heterocycles. The maximum absolute atomic E-state index is 11.2. The van der Waals surface area contributed by atoms with Crippen molar-refractivity contribution < 1.29 is 9.90 Å². The molecule has 0 aliphatic carbocycles. The summed E-state index contributed by atoms with van der Waals surface area (Å²) in [6, 6.07) is 0. The molecule has 1 saturated heterocycles. The molecular formula is C11H19NO2. The van der Waals surface area contributed by atoms with Gasteiger partial charge in [-0.15, -0.1) is 6.58 Å². The lowest BCUT2D eigenvalue weighted by Crippen LogP contribution is -2.55. The fraction of sp³-hybridized carbons (Fsp3) is 0.727. The predicted molar refractivity (Wildman–Crippen MR) is 56.3 cm³/mol. The van der Waals surface area contributed by atoms with E-state index < -0.39 is 11.5 Å². The molecule has 3 nitrogen and oxygen atoms in total. The second-order valence-electron chi connectivity index (χ2n) is 4.10. The zero-order valence-corrected chi connectivity index (χ0v) is 8.83. The molecule has 1 fully saturated rings. The molecule has 3 heteroatoms. The van der Waals surface area contributed by atoms with Crippen LogP contribution in [0.1, 0.15) is 32.6 Å². The van der Waals surface area contributed by atoms with Gasteiger partial charge in [-0.05, 0) is 39.2 Å². The largest absolute Gasteiger partial charge is 0.480 e. The van der Waals surface area contributed by atoms with Crippen LogP contribution in [0.25, 0.3) is 0 Å². The van der Waals surface area contributed by atoms with Gasteiger partial charge in [0, 0.05) is 6.54 Å². The van der Waals surface area contributed by atoms with Crippen LogP contribution in [0.5, 0.6) is 0 Å². The van der Waals surface area contributed by atoms with Gasteiger partial charge in [0.1, 0.15) is 5.54 Å². The van der Waals surface area contributed by atoms with E-state index in [2.05, 4.69) is 11.5 Å². The first-order valence-corrected chi connectivity index (χ1v) is 5.20. The zero-order chi connectivity index (χ0) is 10.6. The zero-order valence-electron chi connectivity index (χ0n) is 8.83. The van der Waals surface area contributed by atoms with E-state index >= 15 is 0 Å². The molecule has 1 N–H and O–H groups in total. The molecule has 1 atom stereocenters. The summed E-state index contributed by atoms with van der Waals surface area (Å²) in [7, 11) is 0. The van der Waals surface area contributed by atoms with Gasteiger partial charge in [-0.2, -0.15) is 0 Å². The second-order valence-corrected chi connectivity index (χ2v) is 4.10. The van der Waals surface area contributed by atoms with Crippen molar-refractivity contribution in [2.45, 2.75) is 38.1 Å². The van der Waals surface area contributed by atoms with Crippen LogP contribution >= 0.6 is 0 Å². The number of hydrogen-bond acceptors (Lipinski definition) is 2. The van der Waals surface area contributed by atoms with E-state index in [1.165, 1.54) is 0 Å². The molecule has 0 aromatic rings. The van der Waals surface area contributed by atoms with Gasteiger partial charge in [-0.1, -0.05) is 6.08 Å². The third-order valence-electron chi connectivity index (χ3n) is 3.10. The monoisotopic (exact) mass is 197 g/mol. The molecule has 0 bridgehead atoms. The van der Waals surface area contributed by atoms with Crippen molar-refractivity contribution in [1.82, 2.24) is 4.90 Å². The highest BCUT2D eigenvalue weighted by Crippen LogP contribution is 2.28. The number of carboxylic acid groups (broad SMARTS) is 1. The van der Waals surface area contributed by atoms with Crippen LogP contribution in [-0.2, 0) is 4.79 Å². The Balaban J connectivity index is 2.67. The van der Waals surface area contributed by atoms with Crippen molar-refractivity contribution in [2.24, 2.45) is 0 Å². The van der Waals surface area contributed by atoms with E-state index in [1.54, 1.807) is 0 Å². The fourth-order valence-electron chi connectivity index (χ4n) is 2.02. The number of rotatable bonds is 4. The minimum atomic E-state index is -0.693. The van der Waals surface area contributed by atoms with E-state index in [1.807, 2.05) is 13.0 Å². The summed E-state index contributed by atoms with van der Waals surface area (Å²) in [5, 5.41) is 9.20. The number of nitrogens with zero attached hydrogens (tertiary/aromatic N) is 1. The third-order valence-corrected chi connectivity index (χ3v) is 3.10. The Morgan fingerprint density at radius 3 is 2.93 bits per heavy atom. The van der Waals surface area contributed by atoms with Gasteiger partial charge in [0.05, 0.1) is 0 Å². The number of carboxylic acids is 1. The molecule has 0 saturated carbocycles. The maximum atomic E-state index is 11.2. The van der Waals surface area contributed by atoms with Crippen LogP contribution in [0.4, 0.5) is 0 Å². The topological polar surface area (TPSA) is 40.5 Å². The predicted octanol–water partition coefficient (Wildman–Crippen LogP) is 1.89. The number of piperidine rings is 1. The highest BCUT2D eigenvalue weighted by molar-refractivity contribution is 5.78. The molecule has 80 valence electrons. The molecule has 1 unspecified atom stereocenters. The Morgan fingerprint density at radius 2 is 2.36 bits per heavy atom. The van der Waals surface area contributed by atoms with Gasteiger partial charge < -0.3 is 5.11 Å². The fourth-order valence-corrected chi connectivity index (χ4v) is 2.02. The summed E-state index contributed by atoms with van der Waals surface area (Å²) in [5.41, 5.74) is -0.652. The highest BCUT2D eigenvalue weighted by atomic mass is 16.4. The van der Waals surface area contributed by atoms with Gasteiger partial charge in [-0.25, -0.2) is 0 Å². The lowest BCUT2D eigenvalue weighted by molar-refractivity contribution is -0.152. The standard InChI is InChI=1S/C11H19NO2/c1-3-4-8-12-9-6-5-7-11(12,2)10(13)14/h3H,1,4-9H2,2H3,(H,13,14). The minimum absolute atomic E-state index is 0.652. The summed E-state index contributed by atoms with van der Waals surface area (Å²) in [5.74, 6) is -0.693. The van der Waals surface area contributed by atoms with E-state index in [4.69, 9.17) is 0 Å². The average molecular weight is 197 g/mol. The number of likely N-dealkylation sites (tertiary alicyclic amines) is 1. The minimum Gasteiger partial charge on any atom is -0.480 e. The Morgan fingerprint density at radius 1 is 1.64 bits per heavy atom. The van der Waals surface area contributed by atoms with Crippen LogP contribution in [0.15, 0.2) is 12.7 Å². The summed E-state index contributed by atoms with van der Waals surface area (Å²) in [6.45, 7) is 7.21. The first-order valence-electron chi connectivity index (χ1n) is 5.20.